The van der Waals surface area contributed by atoms with Crippen molar-refractivity contribution in [3.63, 3.8) is 0 Å². The van der Waals surface area contributed by atoms with E-state index in [0.717, 1.165) is 22.5 Å². The van der Waals surface area contributed by atoms with Crippen LogP contribution in [0, 0.1) is 24.0 Å². The Morgan fingerprint density at radius 1 is 1.09 bits per heavy atom. The van der Waals surface area contributed by atoms with Crippen LogP contribution in [0.15, 0.2) is 54.6 Å². The largest absolute Gasteiger partial charge is 0.350 e. The van der Waals surface area contributed by atoms with Gasteiger partial charge in [-0.05, 0) is 44.0 Å². The molecule has 3 rings (SSSR count). The molecule has 3 aromatic rings. The van der Waals surface area contributed by atoms with E-state index in [1.807, 2.05) is 48.9 Å². The number of nitro benzene ring substituents is 1. The van der Waals surface area contributed by atoms with Crippen molar-refractivity contribution in [1.82, 2.24) is 20.4 Å². The number of non-ortho nitro benzene ring substituents is 1. The van der Waals surface area contributed by atoms with E-state index in [-0.39, 0.29) is 17.2 Å². The van der Waals surface area contributed by atoms with Gasteiger partial charge >= 0.3 is 0 Å². The zero-order valence-electron chi connectivity index (χ0n) is 18.2. The lowest BCUT2D eigenvalue weighted by molar-refractivity contribution is -0.384. The lowest BCUT2D eigenvalue weighted by Crippen LogP contribution is -2.44. The minimum absolute atomic E-state index is 0.121. The molecule has 2 amide bonds. The Morgan fingerprint density at radius 3 is 2.50 bits per heavy atom. The first-order valence-electron chi connectivity index (χ1n) is 10.1. The van der Waals surface area contributed by atoms with Gasteiger partial charge in [-0.2, -0.15) is 5.10 Å². The van der Waals surface area contributed by atoms with Gasteiger partial charge in [0.2, 0.25) is 5.91 Å². The molecule has 1 aromatic heterocycles. The maximum atomic E-state index is 12.4. The van der Waals surface area contributed by atoms with Gasteiger partial charge in [-0.25, -0.2) is 0 Å². The molecule has 0 aliphatic rings. The van der Waals surface area contributed by atoms with E-state index < -0.39 is 16.9 Å². The Kier molecular flexibility index (Phi) is 6.99. The second kappa shape index (κ2) is 9.86. The fourth-order valence-electron chi connectivity index (χ4n) is 3.29. The van der Waals surface area contributed by atoms with Crippen LogP contribution in [0.5, 0.6) is 0 Å². The van der Waals surface area contributed by atoms with Gasteiger partial charge in [0.05, 0.1) is 17.2 Å². The van der Waals surface area contributed by atoms with E-state index in [4.69, 9.17) is 0 Å². The highest BCUT2D eigenvalue weighted by molar-refractivity contribution is 5.97. The minimum atomic E-state index is -0.806. The van der Waals surface area contributed by atoms with Gasteiger partial charge in [0, 0.05) is 29.9 Å². The first-order chi connectivity index (χ1) is 15.2. The molecule has 32 heavy (non-hydrogen) atoms. The summed E-state index contributed by atoms with van der Waals surface area (Å²) in [7, 11) is 0. The second-order valence-corrected chi connectivity index (χ2v) is 7.63. The number of hydrogen-bond donors (Lipinski definition) is 2. The van der Waals surface area contributed by atoms with Gasteiger partial charge < -0.3 is 10.6 Å². The number of nitrogens with one attached hydrogen (secondary N) is 2. The first kappa shape index (κ1) is 22.7. The van der Waals surface area contributed by atoms with Crippen molar-refractivity contribution in [2.24, 2.45) is 0 Å². The monoisotopic (exact) mass is 435 g/mol. The van der Waals surface area contributed by atoms with E-state index in [2.05, 4.69) is 15.7 Å². The summed E-state index contributed by atoms with van der Waals surface area (Å²) in [6.07, 6.45) is 0. The van der Waals surface area contributed by atoms with E-state index in [1.54, 1.807) is 6.92 Å². The first-order valence-corrected chi connectivity index (χ1v) is 10.1. The number of aryl methyl sites for hydroxylation is 2. The van der Waals surface area contributed by atoms with Gasteiger partial charge in [0.1, 0.15) is 6.04 Å². The predicted octanol–water partition coefficient (Wildman–Crippen LogP) is 2.89. The minimum Gasteiger partial charge on any atom is -0.350 e. The molecule has 166 valence electrons. The van der Waals surface area contributed by atoms with Crippen molar-refractivity contribution in [2.45, 2.75) is 39.9 Å². The van der Waals surface area contributed by atoms with Crippen molar-refractivity contribution in [2.75, 3.05) is 0 Å². The lowest BCUT2D eigenvalue weighted by atomic mass is 10.1. The number of nitro groups is 1. The molecule has 1 heterocycles. The van der Waals surface area contributed by atoms with Crippen LogP contribution in [0.4, 0.5) is 5.69 Å². The summed E-state index contributed by atoms with van der Waals surface area (Å²) in [4.78, 5) is 35.1. The molecule has 0 spiro atoms. The molecular weight excluding hydrogens is 410 g/mol. The summed E-state index contributed by atoms with van der Waals surface area (Å²) in [5, 5.41) is 20.7. The summed E-state index contributed by atoms with van der Waals surface area (Å²) in [6, 6.07) is 14.4. The maximum absolute atomic E-state index is 12.4. The number of rotatable bonds is 8. The van der Waals surface area contributed by atoms with Crippen molar-refractivity contribution < 1.29 is 14.5 Å². The third kappa shape index (κ3) is 5.78. The van der Waals surface area contributed by atoms with Gasteiger partial charge in [0.25, 0.3) is 11.6 Å². The molecule has 9 nitrogen and oxygen atoms in total. The van der Waals surface area contributed by atoms with Crippen LogP contribution >= 0.6 is 0 Å². The van der Waals surface area contributed by atoms with E-state index >= 15 is 0 Å². The third-order valence-corrected chi connectivity index (χ3v) is 4.95. The number of hydrogen-bond acceptors (Lipinski definition) is 5. The average Bonchev–Trinajstić information content (AvgIpc) is 3.08. The highest BCUT2D eigenvalue weighted by Gasteiger charge is 2.18. The number of carbonyl (C=O) groups is 2. The molecule has 1 atom stereocenters. The van der Waals surface area contributed by atoms with Crippen molar-refractivity contribution in [1.29, 1.82) is 0 Å². The highest BCUT2D eigenvalue weighted by atomic mass is 16.6. The van der Waals surface area contributed by atoms with Crippen molar-refractivity contribution in [3.8, 4) is 0 Å². The molecular formula is C23H25N5O4. The molecule has 0 saturated heterocycles. The smallest absolute Gasteiger partial charge is 0.270 e. The fourth-order valence-corrected chi connectivity index (χ4v) is 3.29. The molecule has 0 aliphatic heterocycles. The Labute approximate surface area is 185 Å². The molecule has 0 bridgehead atoms. The number of nitrogens with zero attached hydrogens (tertiary/aromatic N) is 3. The maximum Gasteiger partial charge on any atom is 0.270 e. The molecule has 0 aliphatic carbocycles. The highest BCUT2D eigenvalue weighted by Crippen LogP contribution is 2.13. The lowest BCUT2D eigenvalue weighted by Gasteiger charge is -2.14. The zero-order chi connectivity index (χ0) is 23.3. The van der Waals surface area contributed by atoms with Crippen molar-refractivity contribution in [3.05, 3.63) is 92.8 Å². The van der Waals surface area contributed by atoms with E-state index in [0.29, 0.717) is 13.1 Å². The SMILES string of the molecule is Cc1cc(C)n(Cc2cccc(CNC(=O)C(C)NC(=O)c3cccc([N+](=O)[O-])c3)c2)n1. The zero-order valence-corrected chi connectivity index (χ0v) is 18.2. The molecule has 2 N–H and O–H groups in total. The molecule has 2 aromatic carbocycles. The van der Waals surface area contributed by atoms with Gasteiger partial charge in [-0.1, -0.05) is 30.3 Å². The van der Waals surface area contributed by atoms with Crippen LogP contribution in [-0.2, 0) is 17.9 Å². The van der Waals surface area contributed by atoms with Crippen LogP contribution in [0.2, 0.25) is 0 Å². The fraction of sp³-hybridized carbons (Fsp3) is 0.261. The van der Waals surface area contributed by atoms with Gasteiger partial charge in [-0.15, -0.1) is 0 Å². The standard InChI is InChI=1S/C23H25N5O4/c1-15-10-16(2)27(26-15)14-19-7-4-6-18(11-19)13-24-22(29)17(3)25-23(30)20-8-5-9-21(12-20)28(31)32/h4-12,17H,13-14H2,1-3H3,(H,24,29)(H,25,30). The third-order valence-electron chi connectivity index (χ3n) is 4.95. The van der Waals surface area contributed by atoms with E-state index in [1.165, 1.54) is 24.3 Å². The summed E-state index contributed by atoms with van der Waals surface area (Å²) in [5.41, 5.74) is 3.97. The molecule has 0 saturated carbocycles. The number of amides is 2. The number of aromatic nitrogens is 2. The summed E-state index contributed by atoms with van der Waals surface area (Å²) in [5.74, 6) is -0.907. The second-order valence-electron chi connectivity index (χ2n) is 7.63. The van der Waals surface area contributed by atoms with Crippen LogP contribution in [0.3, 0.4) is 0 Å². The van der Waals surface area contributed by atoms with Crippen molar-refractivity contribution >= 4 is 17.5 Å². The molecule has 0 radical (unpaired) electrons. The normalized spacial score (nSPS) is 11.6. The van der Waals surface area contributed by atoms with E-state index in [9.17, 15) is 19.7 Å². The summed E-state index contributed by atoms with van der Waals surface area (Å²) < 4.78 is 1.93. The topological polar surface area (TPSA) is 119 Å². The van der Waals surface area contributed by atoms with Crippen LogP contribution < -0.4 is 10.6 Å². The molecule has 9 heteroatoms. The number of carbonyl (C=O) groups excluding carboxylic acids is 2. The average molecular weight is 435 g/mol. The predicted molar refractivity (Wildman–Crippen MR) is 119 cm³/mol. The molecule has 0 fully saturated rings. The summed E-state index contributed by atoms with van der Waals surface area (Å²) >= 11 is 0. The Bertz CT molecular complexity index is 1150. The van der Waals surface area contributed by atoms with Gasteiger partial charge in [0.15, 0.2) is 0 Å². The quantitative estimate of drug-likeness (QED) is 0.416. The Morgan fingerprint density at radius 2 is 1.81 bits per heavy atom. The Balaban J connectivity index is 1.56. The number of benzene rings is 2. The molecule has 1 unspecified atom stereocenters. The van der Waals surface area contributed by atoms with Gasteiger partial charge in [-0.3, -0.25) is 24.4 Å². The summed E-state index contributed by atoms with van der Waals surface area (Å²) in [6.45, 7) is 6.46. The van der Waals surface area contributed by atoms with Crippen LogP contribution in [0.1, 0.15) is 39.8 Å². The van der Waals surface area contributed by atoms with Crippen LogP contribution in [-0.4, -0.2) is 32.6 Å². The Hall–Kier alpha value is -4.01. The van der Waals surface area contributed by atoms with Crippen LogP contribution in [0.25, 0.3) is 0 Å².